The Balaban J connectivity index is 1.65. The Labute approximate surface area is 256 Å². The van der Waals surface area contributed by atoms with Gasteiger partial charge in [0.2, 0.25) is 16.0 Å². The molecule has 238 valence electrons. The van der Waals surface area contributed by atoms with E-state index >= 15 is 0 Å². The lowest BCUT2D eigenvalue weighted by molar-refractivity contribution is -0.138. The van der Waals surface area contributed by atoms with Crippen LogP contribution in [0.4, 0.5) is 24.8 Å². The van der Waals surface area contributed by atoms with E-state index < -0.39 is 33.7 Å². The van der Waals surface area contributed by atoms with Gasteiger partial charge in [0, 0.05) is 25.2 Å². The van der Waals surface area contributed by atoms with Gasteiger partial charge < -0.3 is 15.0 Å². The molecule has 1 N–H and O–H groups in total. The summed E-state index contributed by atoms with van der Waals surface area (Å²) in [5, 5.41) is 2.94. The topological polar surface area (TPSA) is 105 Å². The highest BCUT2D eigenvalue weighted by atomic mass is 32.2. The van der Waals surface area contributed by atoms with Crippen LogP contribution in [0.3, 0.4) is 0 Å². The van der Waals surface area contributed by atoms with Crippen molar-refractivity contribution in [3.8, 4) is 5.75 Å². The van der Waals surface area contributed by atoms with E-state index in [0.29, 0.717) is 42.7 Å². The Bertz CT molecular complexity index is 1600. The number of ketones is 1. The smallest absolute Gasteiger partial charge is 0.419 e. The van der Waals surface area contributed by atoms with Gasteiger partial charge in [0.05, 0.1) is 36.4 Å². The maximum atomic E-state index is 14.2. The van der Waals surface area contributed by atoms with Gasteiger partial charge in [0.15, 0.2) is 5.78 Å². The van der Waals surface area contributed by atoms with Crippen molar-refractivity contribution in [1.29, 1.82) is 0 Å². The Kier molecular flexibility index (Phi) is 10.3. The second kappa shape index (κ2) is 13.6. The third-order valence-corrected chi connectivity index (χ3v) is 9.20. The molecule has 0 saturated carbocycles. The third-order valence-electron chi connectivity index (χ3n) is 7.93. The lowest BCUT2D eigenvalue weighted by Gasteiger charge is -2.38. The van der Waals surface area contributed by atoms with Crippen LogP contribution in [0.1, 0.15) is 58.0 Å². The van der Waals surface area contributed by atoms with Crippen LogP contribution >= 0.6 is 0 Å². The van der Waals surface area contributed by atoms with E-state index in [4.69, 9.17) is 4.74 Å². The number of nitrogens with zero attached hydrogens (tertiary/aromatic N) is 4. The summed E-state index contributed by atoms with van der Waals surface area (Å²) in [6.07, 6.45) is -0.873. The number of fused-ring (bicyclic) bond motifs is 1. The van der Waals surface area contributed by atoms with E-state index in [1.54, 1.807) is 24.3 Å². The van der Waals surface area contributed by atoms with Crippen molar-refractivity contribution in [2.75, 3.05) is 46.4 Å². The van der Waals surface area contributed by atoms with E-state index in [-0.39, 0.29) is 23.8 Å². The molecule has 1 heterocycles. The molecule has 0 radical (unpaired) electrons. The second-order valence-corrected chi connectivity index (χ2v) is 13.4. The quantitative estimate of drug-likeness (QED) is 0.261. The van der Waals surface area contributed by atoms with E-state index in [2.05, 4.69) is 15.3 Å². The van der Waals surface area contributed by atoms with Gasteiger partial charge in [-0.25, -0.2) is 18.4 Å². The van der Waals surface area contributed by atoms with E-state index in [9.17, 15) is 26.4 Å². The van der Waals surface area contributed by atoms with Gasteiger partial charge in [-0.3, -0.25) is 4.79 Å². The summed E-state index contributed by atoms with van der Waals surface area (Å²) in [5.74, 6) is -0.291. The number of Topliss-reactive ketones (excluding diaryl/α,β-unsaturated/α-hetero) is 1. The highest BCUT2D eigenvalue weighted by Gasteiger charge is 2.40. The number of anilines is 2. The van der Waals surface area contributed by atoms with Crippen molar-refractivity contribution >= 4 is 27.4 Å². The first kappa shape index (κ1) is 33.3. The molecule has 3 aromatic rings. The molecule has 13 heteroatoms. The van der Waals surface area contributed by atoms with Crippen molar-refractivity contribution in [2.24, 2.45) is 5.92 Å². The van der Waals surface area contributed by atoms with Crippen molar-refractivity contribution in [3.05, 3.63) is 76.6 Å². The van der Waals surface area contributed by atoms with Crippen molar-refractivity contribution < 1.29 is 31.1 Å². The van der Waals surface area contributed by atoms with Gasteiger partial charge >= 0.3 is 6.18 Å². The second-order valence-electron chi connectivity index (χ2n) is 11.3. The molecule has 0 amide bonds. The van der Waals surface area contributed by atoms with Crippen LogP contribution in [0.15, 0.2) is 48.7 Å². The van der Waals surface area contributed by atoms with Crippen LogP contribution in [0.25, 0.3) is 0 Å². The minimum atomic E-state index is -4.72. The first-order valence-electron chi connectivity index (χ1n) is 14.3. The molecule has 4 rings (SSSR count). The number of benzene rings is 2. The van der Waals surface area contributed by atoms with Gasteiger partial charge in [0.25, 0.3) is 0 Å². The van der Waals surface area contributed by atoms with Crippen LogP contribution in [0, 0.1) is 5.92 Å². The Morgan fingerprint density at radius 1 is 1.14 bits per heavy atom. The summed E-state index contributed by atoms with van der Waals surface area (Å²) >= 11 is 0. The number of sulfonamides is 1. The number of alkyl halides is 3. The molecule has 44 heavy (non-hydrogen) atoms. The largest absolute Gasteiger partial charge is 0.495 e. The maximum absolute atomic E-state index is 14.2. The van der Waals surface area contributed by atoms with E-state index in [1.165, 1.54) is 18.5 Å². The number of methoxy groups -OCH3 is 1. The molecule has 1 aromatic heterocycles. The Hall–Kier alpha value is -3.55. The number of hydrogen-bond acceptors (Lipinski definition) is 8. The van der Waals surface area contributed by atoms with E-state index in [1.807, 2.05) is 37.2 Å². The number of ether oxygens (including phenoxy) is 1. The number of carbonyl (C=O) groups is 1. The molecule has 1 aliphatic carbocycles. The zero-order valence-electron chi connectivity index (χ0n) is 25.5. The number of aryl methyl sites for hydroxylation is 1. The molecule has 0 fully saturated rings. The molecular weight excluding hydrogens is 595 g/mol. The molecule has 0 saturated heterocycles. The number of halogens is 3. The summed E-state index contributed by atoms with van der Waals surface area (Å²) in [5.41, 5.74) is 1.37. The van der Waals surface area contributed by atoms with Crippen LogP contribution in [-0.2, 0) is 29.0 Å². The van der Waals surface area contributed by atoms with Gasteiger partial charge in [0.1, 0.15) is 5.75 Å². The minimum absolute atomic E-state index is 0.0487. The minimum Gasteiger partial charge on any atom is -0.495 e. The van der Waals surface area contributed by atoms with Gasteiger partial charge in [-0.2, -0.15) is 17.5 Å². The monoisotopic (exact) mass is 633 g/mol. The number of carbonyl (C=O) groups excluding carboxylic acids is 1. The molecular formula is C31H38F3N5O4S. The summed E-state index contributed by atoms with van der Waals surface area (Å²) < 4.78 is 74.4. The summed E-state index contributed by atoms with van der Waals surface area (Å²) in [7, 11) is 3.09. The number of aromatic nitrogens is 2. The average molecular weight is 634 g/mol. The molecule has 2 atom stereocenters. The predicted octanol–water partition coefficient (Wildman–Crippen LogP) is 5.51. The molecule has 1 aliphatic rings. The average Bonchev–Trinajstić information content (AvgIpc) is 2.95. The lowest BCUT2D eigenvalue weighted by atomic mass is 9.77. The zero-order valence-corrected chi connectivity index (χ0v) is 26.3. The first-order valence-corrected chi connectivity index (χ1v) is 16.1. The van der Waals surface area contributed by atoms with Gasteiger partial charge in [-0.05, 0) is 81.6 Å². The van der Waals surface area contributed by atoms with Gasteiger partial charge in [-0.1, -0.05) is 24.3 Å². The van der Waals surface area contributed by atoms with Crippen molar-refractivity contribution in [1.82, 2.24) is 19.2 Å². The van der Waals surface area contributed by atoms with E-state index in [0.717, 1.165) is 30.1 Å². The lowest BCUT2D eigenvalue weighted by Crippen LogP contribution is -2.38. The number of rotatable bonds is 12. The fourth-order valence-electron chi connectivity index (χ4n) is 5.62. The molecule has 0 bridgehead atoms. The summed E-state index contributed by atoms with van der Waals surface area (Å²) in [6, 6.07) is 11.6. The highest BCUT2D eigenvalue weighted by molar-refractivity contribution is 7.88. The summed E-state index contributed by atoms with van der Waals surface area (Å²) in [6.45, 7) is 0.773. The third kappa shape index (κ3) is 7.93. The Morgan fingerprint density at radius 2 is 1.86 bits per heavy atom. The molecule has 0 aliphatic heterocycles. The Morgan fingerprint density at radius 3 is 2.52 bits per heavy atom. The van der Waals surface area contributed by atoms with Gasteiger partial charge in [-0.15, -0.1) is 0 Å². The predicted molar refractivity (Wildman–Crippen MR) is 163 cm³/mol. The van der Waals surface area contributed by atoms with Crippen LogP contribution in [0.2, 0.25) is 0 Å². The fraction of sp³-hybridized carbons (Fsp3) is 0.452. The van der Waals surface area contributed by atoms with Crippen molar-refractivity contribution in [3.63, 3.8) is 0 Å². The first-order chi connectivity index (χ1) is 20.7. The SMILES string of the molecule is COc1cc(C(=O)CCCN(C)C)ccc1Nc1ncc(C(F)(F)F)c(C[C@@H]2CCc3ccccc3[C@H]2N(C)S(C)(=O)=O)n1. The van der Waals surface area contributed by atoms with Crippen LogP contribution in [-0.4, -0.2) is 74.4 Å². The van der Waals surface area contributed by atoms with Crippen LogP contribution in [0.5, 0.6) is 5.75 Å². The molecule has 2 aromatic carbocycles. The number of nitrogens with one attached hydrogen (secondary N) is 1. The zero-order chi connectivity index (χ0) is 32.2. The summed E-state index contributed by atoms with van der Waals surface area (Å²) in [4.78, 5) is 22.9. The maximum Gasteiger partial charge on any atom is 0.419 e. The van der Waals surface area contributed by atoms with Crippen LogP contribution < -0.4 is 10.1 Å². The highest BCUT2D eigenvalue weighted by Crippen LogP contribution is 2.42. The van der Waals surface area contributed by atoms with Crippen molar-refractivity contribution in [2.45, 2.75) is 44.3 Å². The fourth-order valence-corrected chi connectivity index (χ4v) is 6.32. The molecule has 0 spiro atoms. The standard InChI is InChI=1S/C31H38F3N5O4S/c1-38(2)16-8-11-27(40)21-14-15-25(28(18-21)43-4)36-30-35-19-24(31(32,33)34)26(37-30)17-22-13-12-20-9-6-7-10-23(20)29(22)39(3)44(5,41)42/h6-7,9-10,14-15,18-19,22,29H,8,11-13,16-17H2,1-5H3,(H,35,36,37)/t22-,29-/m0/s1. The normalized spacial score (nSPS) is 17.0. The molecule has 0 unspecified atom stereocenters. The molecule has 9 nitrogen and oxygen atoms in total. The number of hydrogen-bond donors (Lipinski definition) is 1.